The average molecular weight is 298 g/mol. The maximum Gasteiger partial charge on any atom is 0.336 e. The van der Waals surface area contributed by atoms with Gasteiger partial charge in [0.25, 0.3) is 0 Å². The molecule has 0 bridgehead atoms. The van der Waals surface area contributed by atoms with Crippen molar-refractivity contribution in [2.75, 3.05) is 0 Å². The van der Waals surface area contributed by atoms with Gasteiger partial charge in [-0.2, -0.15) is 0 Å². The molecule has 0 saturated carbocycles. The zero-order valence-electron chi connectivity index (χ0n) is 12.4. The van der Waals surface area contributed by atoms with Crippen molar-refractivity contribution in [2.24, 2.45) is 0 Å². The van der Waals surface area contributed by atoms with E-state index in [0.29, 0.717) is 16.7 Å². The van der Waals surface area contributed by atoms with Crippen LogP contribution < -0.4 is 0 Å². The van der Waals surface area contributed by atoms with E-state index in [0.717, 1.165) is 0 Å². The van der Waals surface area contributed by atoms with Crippen molar-refractivity contribution >= 4 is 17.6 Å². The molecule has 4 heteroatoms. The molecule has 0 saturated heterocycles. The van der Waals surface area contributed by atoms with Crippen LogP contribution in [0, 0.1) is 0 Å². The Hall–Kier alpha value is -2.75. The molecule has 0 heterocycles. The molecular formula is C18H18O4. The number of carboxylic acids is 1. The molecule has 0 aliphatic carbocycles. The van der Waals surface area contributed by atoms with Gasteiger partial charge in [-0.15, -0.1) is 0 Å². The summed E-state index contributed by atoms with van der Waals surface area (Å²) in [5, 5.41) is 29.4. The Balaban J connectivity index is 2.53. The van der Waals surface area contributed by atoms with Gasteiger partial charge in [0.05, 0.1) is 5.57 Å². The van der Waals surface area contributed by atoms with E-state index < -0.39 is 5.97 Å². The molecule has 3 N–H and O–H groups in total. The summed E-state index contributed by atoms with van der Waals surface area (Å²) in [5.74, 6) is -1.19. The summed E-state index contributed by atoms with van der Waals surface area (Å²) in [6, 6.07) is 11.6. The van der Waals surface area contributed by atoms with Gasteiger partial charge in [0.15, 0.2) is 0 Å². The number of phenolic OH excluding ortho intramolecular Hbond substituents is 2. The van der Waals surface area contributed by atoms with Crippen molar-refractivity contribution in [1.29, 1.82) is 0 Å². The van der Waals surface area contributed by atoms with Gasteiger partial charge in [-0.3, -0.25) is 0 Å². The number of phenols is 2. The van der Waals surface area contributed by atoms with Crippen LogP contribution in [-0.2, 0) is 4.79 Å². The van der Waals surface area contributed by atoms with Crippen LogP contribution in [0.4, 0.5) is 0 Å². The maximum atomic E-state index is 11.5. The summed E-state index contributed by atoms with van der Waals surface area (Å²) in [7, 11) is 0. The first kappa shape index (κ1) is 15.6. The van der Waals surface area contributed by atoms with Crippen LogP contribution in [0.2, 0.25) is 0 Å². The van der Waals surface area contributed by atoms with Gasteiger partial charge in [0, 0.05) is 5.56 Å². The Bertz CT molecular complexity index is 692. The number of carbonyl (C=O) groups is 1. The molecule has 4 nitrogen and oxygen atoms in total. The molecule has 0 amide bonds. The Morgan fingerprint density at radius 1 is 1.05 bits per heavy atom. The molecule has 0 aliphatic heterocycles. The number of hydrogen-bond donors (Lipinski definition) is 3. The first-order valence-electron chi connectivity index (χ1n) is 6.96. The zero-order chi connectivity index (χ0) is 16.3. The van der Waals surface area contributed by atoms with Crippen molar-refractivity contribution in [3.8, 4) is 11.5 Å². The van der Waals surface area contributed by atoms with E-state index >= 15 is 0 Å². The predicted molar refractivity (Wildman–Crippen MR) is 85.8 cm³/mol. The van der Waals surface area contributed by atoms with Gasteiger partial charge in [-0.05, 0) is 35.3 Å². The second-order valence-corrected chi connectivity index (χ2v) is 5.36. The smallest absolute Gasteiger partial charge is 0.336 e. The first-order chi connectivity index (χ1) is 10.4. The van der Waals surface area contributed by atoms with Crippen LogP contribution in [0.25, 0.3) is 11.6 Å². The largest absolute Gasteiger partial charge is 0.507 e. The molecule has 2 aromatic rings. The summed E-state index contributed by atoms with van der Waals surface area (Å²) in [5.41, 5.74) is 1.54. The molecule has 0 fully saturated rings. The Morgan fingerprint density at radius 2 is 1.59 bits per heavy atom. The quantitative estimate of drug-likeness (QED) is 0.592. The molecule has 2 rings (SSSR count). The lowest BCUT2D eigenvalue weighted by Crippen LogP contribution is -1.99. The number of benzene rings is 2. The fraction of sp³-hybridized carbons (Fsp3) is 0.167. The van der Waals surface area contributed by atoms with Gasteiger partial charge in [0.1, 0.15) is 11.5 Å². The van der Waals surface area contributed by atoms with E-state index in [2.05, 4.69) is 0 Å². The molecule has 0 aliphatic rings. The summed E-state index contributed by atoms with van der Waals surface area (Å²) < 4.78 is 0. The van der Waals surface area contributed by atoms with Gasteiger partial charge in [-0.25, -0.2) is 4.79 Å². The first-order valence-corrected chi connectivity index (χ1v) is 6.96. The fourth-order valence-electron chi connectivity index (χ4n) is 2.37. The average Bonchev–Trinajstić information content (AvgIpc) is 2.44. The fourth-order valence-corrected chi connectivity index (χ4v) is 2.37. The van der Waals surface area contributed by atoms with Gasteiger partial charge in [-0.1, -0.05) is 44.2 Å². The summed E-state index contributed by atoms with van der Waals surface area (Å²) in [6.45, 7) is 3.72. The topological polar surface area (TPSA) is 77.8 Å². The predicted octanol–water partition coefficient (Wildman–Crippen LogP) is 3.85. The Morgan fingerprint density at radius 3 is 2.05 bits per heavy atom. The molecule has 0 unspecified atom stereocenters. The molecule has 2 aromatic carbocycles. The monoisotopic (exact) mass is 298 g/mol. The van der Waals surface area contributed by atoms with E-state index in [9.17, 15) is 20.1 Å². The third kappa shape index (κ3) is 3.28. The van der Waals surface area contributed by atoms with Gasteiger partial charge < -0.3 is 15.3 Å². The minimum Gasteiger partial charge on any atom is -0.507 e. The van der Waals surface area contributed by atoms with Crippen LogP contribution in [0.1, 0.15) is 36.5 Å². The van der Waals surface area contributed by atoms with E-state index in [-0.39, 0.29) is 23.0 Å². The summed E-state index contributed by atoms with van der Waals surface area (Å²) >= 11 is 0. The number of hydrogen-bond acceptors (Lipinski definition) is 3. The number of aliphatic carboxylic acids is 1. The molecule has 0 spiro atoms. The van der Waals surface area contributed by atoms with Gasteiger partial charge >= 0.3 is 5.97 Å². The highest BCUT2D eigenvalue weighted by Gasteiger charge is 2.15. The highest BCUT2D eigenvalue weighted by atomic mass is 16.4. The Labute approximate surface area is 129 Å². The molecule has 114 valence electrons. The normalized spacial score (nSPS) is 11.7. The zero-order valence-corrected chi connectivity index (χ0v) is 12.4. The second-order valence-electron chi connectivity index (χ2n) is 5.36. The van der Waals surface area contributed by atoms with Crippen LogP contribution in [0.5, 0.6) is 11.5 Å². The van der Waals surface area contributed by atoms with E-state index in [1.807, 2.05) is 13.8 Å². The molecule has 0 atom stereocenters. The van der Waals surface area contributed by atoms with Gasteiger partial charge in [0.2, 0.25) is 0 Å². The molecule has 0 radical (unpaired) electrons. The van der Waals surface area contributed by atoms with E-state index in [4.69, 9.17) is 0 Å². The SMILES string of the molecule is CC(C)c1c(O)cc(C=C(C(=O)O)c2ccccc2)cc1O. The standard InChI is InChI=1S/C18H18O4/c1-11(2)17-15(19)9-12(10-16(17)20)8-14(18(21)22)13-6-4-3-5-7-13/h3-11,19-20H,1-2H3,(H,21,22). The minimum atomic E-state index is -1.07. The van der Waals surface area contributed by atoms with Crippen molar-refractivity contribution in [1.82, 2.24) is 0 Å². The van der Waals surface area contributed by atoms with Crippen molar-refractivity contribution in [3.05, 3.63) is 59.2 Å². The second kappa shape index (κ2) is 6.35. The summed E-state index contributed by atoms with van der Waals surface area (Å²) in [6.07, 6.45) is 1.43. The van der Waals surface area contributed by atoms with E-state index in [1.165, 1.54) is 18.2 Å². The highest BCUT2D eigenvalue weighted by Crippen LogP contribution is 2.35. The number of carboxylic acid groups (broad SMARTS) is 1. The van der Waals surface area contributed by atoms with Crippen LogP contribution in [-0.4, -0.2) is 21.3 Å². The van der Waals surface area contributed by atoms with Crippen LogP contribution in [0.3, 0.4) is 0 Å². The highest BCUT2D eigenvalue weighted by molar-refractivity contribution is 6.20. The maximum absolute atomic E-state index is 11.5. The van der Waals surface area contributed by atoms with E-state index in [1.54, 1.807) is 30.3 Å². The van der Waals surface area contributed by atoms with Crippen molar-refractivity contribution in [2.45, 2.75) is 19.8 Å². The lowest BCUT2D eigenvalue weighted by Gasteiger charge is -2.12. The molecule has 22 heavy (non-hydrogen) atoms. The number of rotatable bonds is 4. The lowest BCUT2D eigenvalue weighted by atomic mass is 9.97. The minimum absolute atomic E-state index is 0.0360. The van der Waals surface area contributed by atoms with Crippen LogP contribution in [0.15, 0.2) is 42.5 Å². The van der Waals surface area contributed by atoms with Crippen molar-refractivity contribution in [3.63, 3.8) is 0 Å². The van der Waals surface area contributed by atoms with Crippen LogP contribution >= 0.6 is 0 Å². The molecule has 0 aromatic heterocycles. The Kier molecular flexibility index (Phi) is 4.51. The third-order valence-corrected chi connectivity index (χ3v) is 3.36. The third-order valence-electron chi connectivity index (χ3n) is 3.36. The lowest BCUT2D eigenvalue weighted by molar-refractivity contribution is -0.130. The number of aromatic hydroxyl groups is 2. The van der Waals surface area contributed by atoms with Crippen molar-refractivity contribution < 1.29 is 20.1 Å². The molecular weight excluding hydrogens is 280 g/mol. The summed E-state index contributed by atoms with van der Waals surface area (Å²) in [4.78, 5) is 11.5.